The third kappa shape index (κ3) is 4.28. The molecule has 1 amide bonds. The Morgan fingerprint density at radius 1 is 1.31 bits per heavy atom. The molecule has 7 heteroatoms. The van der Waals surface area contributed by atoms with Crippen molar-refractivity contribution in [3.63, 3.8) is 0 Å². The molecule has 1 saturated heterocycles. The summed E-state index contributed by atoms with van der Waals surface area (Å²) in [7, 11) is 2.21. The molecule has 0 radical (unpaired) electrons. The summed E-state index contributed by atoms with van der Waals surface area (Å²) in [5, 5.41) is 9.23. The van der Waals surface area contributed by atoms with Gasteiger partial charge < -0.3 is 4.90 Å². The van der Waals surface area contributed by atoms with Crippen LogP contribution in [0.3, 0.4) is 0 Å². The molecule has 0 bridgehead atoms. The molecule has 1 aromatic heterocycles. The summed E-state index contributed by atoms with van der Waals surface area (Å²) >= 11 is 1.46. The molecule has 2 aromatic rings. The lowest BCUT2D eigenvalue weighted by Gasteiger charge is -2.27. The number of anilines is 2. The van der Waals surface area contributed by atoms with Crippen molar-refractivity contribution in [2.45, 2.75) is 20.8 Å². The minimum Gasteiger partial charge on any atom is -0.334 e. The zero-order valence-corrected chi connectivity index (χ0v) is 16.6. The van der Waals surface area contributed by atoms with Gasteiger partial charge in [0.05, 0.1) is 50.8 Å². The smallest absolute Gasteiger partial charge is 0.230 e. The number of quaternary nitrogens is 1. The first-order valence-electron chi connectivity index (χ1n) is 8.88. The van der Waals surface area contributed by atoms with E-state index in [1.165, 1.54) is 21.8 Å². The number of aromatic nitrogens is 1. The lowest BCUT2D eigenvalue weighted by atomic mass is 10.1. The fraction of sp³-hybridized carbons (Fsp3) is 0.421. The van der Waals surface area contributed by atoms with Crippen LogP contribution >= 0.6 is 11.3 Å². The van der Waals surface area contributed by atoms with Gasteiger partial charge in [0.1, 0.15) is 0 Å². The summed E-state index contributed by atoms with van der Waals surface area (Å²) in [4.78, 5) is 20.0. The highest BCUT2D eigenvalue weighted by molar-refractivity contribution is 7.14. The van der Waals surface area contributed by atoms with Gasteiger partial charge in [-0.1, -0.05) is 6.07 Å². The number of aryl methyl sites for hydroxylation is 2. The maximum absolute atomic E-state index is 12.2. The Balaban J connectivity index is 1.77. The predicted molar refractivity (Wildman–Crippen MR) is 107 cm³/mol. The lowest BCUT2D eigenvalue weighted by Crippen LogP contribution is -3.11. The van der Waals surface area contributed by atoms with Gasteiger partial charge in [0.2, 0.25) is 5.91 Å². The molecule has 1 aliphatic heterocycles. The van der Waals surface area contributed by atoms with Crippen molar-refractivity contribution in [3.8, 4) is 0 Å². The molecule has 0 unspecified atom stereocenters. The first-order valence-corrected chi connectivity index (χ1v) is 9.75. The van der Waals surface area contributed by atoms with E-state index in [1.807, 2.05) is 23.6 Å². The summed E-state index contributed by atoms with van der Waals surface area (Å²) < 4.78 is 0. The number of nitrogens with one attached hydrogen (secondary N) is 1. The highest BCUT2D eigenvalue weighted by atomic mass is 32.1. The van der Waals surface area contributed by atoms with Crippen LogP contribution in [0.15, 0.2) is 28.7 Å². The molecule has 26 heavy (non-hydrogen) atoms. The van der Waals surface area contributed by atoms with E-state index < -0.39 is 0 Å². The predicted octanol–water partition coefficient (Wildman–Crippen LogP) is 1.61. The molecular formula is C19H26N5OS+. The Bertz CT molecular complexity index is 808. The molecule has 6 nitrogen and oxygen atoms in total. The Hall–Kier alpha value is -2.25. The summed E-state index contributed by atoms with van der Waals surface area (Å²) in [5.74, 6) is -0.0480. The van der Waals surface area contributed by atoms with Gasteiger partial charge >= 0.3 is 0 Å². The van der Waals surface area contributed by atoms with Crippen LogP contribution in [0, 0.1) is 13.8 Å². The number of likely N-dealkylation sites (N-methyl/N-ethyl adjacent to an activating group) is 1. The number of hydrazone groups is 1. The van der Waals surface area contributed by atoms with Crippen LogP contribution < -0.4 is 9.80 Å². The summed E-state index contributed by atoms with van der Waals surface area (Å²) in [6.45, 7) is 9.80. The van der Waals surface area contributed by atoms with Crippen molar-refractivity contribution in [2.75, 3.05) is 38.1 Å². The van der Waals surface area contributed by atoms with Gasteiger partial charge in [0.25, 0.3) is 0 Å². The molecule has 2 heterocycles. The van der Waals surface area contributed by atoms with Crippen LogP contribution in [0.2, 0.25) is 0 Å². The van der Waals surface area contributed by atoms with Gasteiger partial charge in [0, 0.05) is 12.3 Å². The highest BCUT2D eigenvalue weighted by Crippen LogP contribution is 2.29. The van der Waals surface area contributed by atoms with E-state index in [4.69, 9.17) is 0 Å². The van der Waals surface area contributed by atoms with E-state index in [2.05, 4.69) is 36.0 Å². The van der Waals surface area contributed by atoms with Gasteiger partial charge in [-0.3, -0.25) is 14.7 Å². The van der Waals surface area contributed by atoms with E-state index in [1.54, 1.807) is 18.0 Å². The quantitative estimate of drug-likeness (QED) is 0.830. The van der Waals surface area contributed by atoms with E-state index in [0.717, 1.165) is 43.1 Å². The maximum Gasteiger partial charge on any atom is 0.230 e. The monoisotopic (exact) mass is 372 g/mol. The van der Waals surface area contributed by atoms with Crippen molar-refractivity contribution in [1.82, 2.24) is 9.99 Å². The molecule has 0 aliphatic carbocycles. The van der Waals surface area contributed by atoms with Crippen LogP contribution in [0.25, 0.3) is 0 Å². The van der Waals surface area contributed by atoms with Crippen molar-refractivity contribution in [3.05, 3.63) is 40.4 Å². The third-order valence-corrected chi connectivity index (χ3v) is 5.56. The van der Waals surface area contributed by atoms with E-state index >= 15 is 0 Å². The first-order chi connectivity index (χ1) is 12.4. The second kappa shape index (κ2) is 7.97. The van der Waals surface area contributed by atoms with Crippen molar-refractivity contribution >= 4 is 34.3 Å². The van der Waals surface area contributed by atoms with Crippen LogP contribution in [-0.2, 0) is 4.79 Å². The molecule has 0 atom stereocenters. The molecule has 0 saturated carbocycles. The minimum absolute atomic E-state index is 0.0480. The number of piperazine rings is 1. The van der Waals surface area contributed by atoms with Crippen molar-refractivity contribution < 1.29 is 9.69 Å². The van der Waals surface area contributed by atoms with Crippen LogP contribution in [-0.4, -0.2) is 55.3 Å². The number of benzene rings is 1. The minimum atomic E-state index is -0.0480. The Labute approximate surface area is 158 Å². The number of nitrogens with zero attached hydrogens (tertiary/aromatic N) is 4. The molecule has 3 rings (SSSR count). The number of rotatable bonds is 4. The molecule has 1 fully saturated rings. The zero-order chi connectivity index (χ0) is 18.7. The topological polar surface area (TPSA) is 53.2 Å². The second-order valence-electron chi connectivity index (χ2n) is 6.83. The standard InChI is InChI=1S/C19H25N5OS/c1-14-5-6-18(11-15(14)2)24(16(3)25)19-21-17(13-26-19)12-20-23-9-7-22(4)8-10-23/h5-6,11-13H,7-10H2,1-4H3/p+1/b20-12-. The number of carbonyl (C=O) groups excluding carboxylic acids is 1. The number of carbonyl (C=O) groups is 1. The first kappa shape index (κ1) is 18.5. The number of hydrogen-bond acceptors (Lipinski definition) is 5. The second-order valence-corrected chi connectivity index (χ2v) is 7.67. The van der Waals surface area contributed by atoms with Crippen molar-refractivity contribution in [1.29, 1.82) is 0 Å². The molecule has 1 aliphatic rings. The van der Waals surface area contributed by atoms with Gasteiger partial charge in [0.15, 0.2) is 5.13 Å². The number of thiazole rings is 1. The molecule has 0 spiro atoms. The van der Waals surface area contributed by atoms with Crippen LogP contribution in [0.5, 0.6) is 0 Å². The van der Waals surface area contributed by atoms with Crippen LogP contribution in [0.4, 0.5) is 10.8 Å². The molecule has 1 N–H and O–H groups in total. The Kier molecular flexibility index (Phi) is 5.68. The Morgan fingerprint density at radius 2 is 2.04 bits per heavy atom. The Morgan fingerprint density at radius 3 is 2.69 bits per heavy atom. The normalized spacial score (nSPS) is 15.6. The fourth-order valence-electron chi connectivity index (χ4n) is 2.86. The van der Waals surface area contributed by atoms with Gasteiger partial charge in [-0.15, -0.1) is 11.3 Å². The van der Waals surface area contributed by atoms with E-state index in [9.17, 15) is 4.79 Å². The SMILES string of the molecule is CC(=O)N(c1ccc(C)c(C)c1)c1nc(/C=N\N2CC[NH+](C)CC2)cs1. The average molecular weight is 373 g/mol. The fourth-order valence-corrected chi connectivity index (χ4v) is 3.70. The van der Waals surface area contributed by atoms with E-state index in [0.29, 0.717) is 5.13 Å². The third-order valence-electron chi connectivity index (χ3n) is 4.71. The largest absolute Gasteiger partial charge is 0.334 e. The number of hydrogen-bond donors (Lipinski definition) is 1. The van der Waals surface area contributed by atoms with Crippen molar-refractivity contribution in [2.24, 2.45) is 5.10 Å². The number of amides is 1. The van der Waals surface area contributed by atoms with Gasteiger partial charge in [-0.25, -0.2) is 4.98 Å². The highest BCUT2D eigenvalue weighted by Gasteiger charge is 2.18. The van der Waals surface area contributed by atoms with Crippen LogP contribution in [0.1, 0.15) is 23.7 Å². The molecular weight excluding hydrogens is 346 g/mol. The average Bonchev–Trinajstić information content (AvgIpc) is 3.06. The lowest BCUT2D eigenvalue weighted by molar-refractivity contribution is -0.884. The summed E-state index contributed by atoms with van der Waals surface area (Å²) in [6, 6.07) is 6.02. The van der Waals surface area contributed by atoms with E-state index in [-0.39, 0.29) is 5.91 Å². The molecule has 138 valence electrons. The van der Waals surface area contributed by atoms with Gasteiger partial charge in [-0.2, -0.15) is 5.10 Å². The van der Waals surface area contributed by atoms with Gasteiger partial charge in [-0.05, 0) is 37.1 Å². The molecule has 1 aromatic carbocycles. The summed E-state index contributed by atoms with van der Waals surface area (Å²) in [5.41, 5.74) is 3.99. The zero-order valence-electron chi connectivity index (χ0n) is 15.8. The maximum atomic E-state index is 12.2. The summed E-state index contributed by atoms with van der Waals surface area (Å²) in [6.07, 6.45) is 1.79.